The highest BCUT2D eigenvalue weighted by molar-refractivity contribution is 7.09. The molecule has 4 atom stereocenters. The van der Waals surface area contributed by atoms with Gasteiger partial charge in [0.1, 0.15) is 30.5 Å². The second kappa shape index (κ2) is 12.8. The Kier molecular flexibility index (Phi) is 8.74. The number of ether oxygens (including phenoxy) is 2. The lowest BCUT2D eigenvalue weighted by Crippen LogP contribution is -2.35. The molecule has 7 nitrogen and oxygen atoms in total. The summed E-state index contributed by atoms with van der Waals surface area (Å²) in [5.41, 5.74) is 3.50. The Labute approximate surface area is 250 Å². The Bertz CT molecular complexity index is 1460. The molecule has 3 aromatic rings. The summed E-state index contributed by atoms with van der Waals surface area (Å²) in [4.78, 5) is 29.9. The highest BCUT2D eigenvalue weighted by Gasteiger charge is 2.57. The first-order valence-electron chi connectivity index (χ1n) is 14.8. The number of fused-ring (bicyclic) bond motifs is 3. The zero-order valence-electron chi connectivity index (χ0n) is 23.9. The van der Waals surface area contributed by atoms with Crippen LogP contribution in [0.1, 0.15) is 55.4 Å². The molecule has 2 aliphatic heterocycles. The second-order valence-electron chi connectivity index (χ2n) is 11.3. The van der Waals surface area contributed by atoms with Gasteiger partial charge in [-0.25, -0.2) is 0 Å². The van der Waals surface area contributed by atoms with E-state index in [9.17, 15) is 14.7 Å². The Hall–Kier alpha value is -3.46. The van der Waals surface area contributed by atoms with Gasteiger partial charge in [0.05, 0.1) is 31.1 Å². The molecule has 0 radical (unpaired) electrons. The molecule has 1 aliphatic carbocycles. The van der Waals surface area contributed by atoms with Crippen LogP contribution >= 0.6 is 11.3 Å². The van der Waals surface area contributed by atoms with Crippen molar-refractivity contribution in [3.05, 3.63) is 93.1 Å². The molecule has 2 amide bonds. The van der Waals surface area contributed by atoms with Crippen molar-refractivity contribution in [2.45, 2.75) is 58.3 Å². The van der Waals surface area contributed by atoms with Crippen LogP contribution in [0, 0.1) is 17.8 Å². The summed E-state index contributed by atoms with van der Waals surface area (Å²) in [6.07, 6.45) is 5.99. The number of hydrogen-bond acceptors (Lipinski definition) is 7. The fourth-order valence-corrected chi connectivity index (χ4v) is 7.43. The molecule has 3 aliphatic rings. The topological polar surface area (TPSA) is 89.2 Å². The smallest absolute Gasteiger partial charge is 0.234 e. The van der Waals surface area contributed by atoms with E-state index in [0.29, 0.717) is 31.9 Å². The number of likely N-dealkylation sites (tertiary alicyclic amines) is 1. The van der Waals surface area contributed by atoms with E-state index in [0.717, 1.165) is 53.2 Å². The van der Waals surface area contributed by atoms with Crippen molar-refractivity contribution in [3.63, 3.8) is 0 Å². The minimum atomic E-state index is -0.386. The second-order valence-corrected chi connectivity index (χ2v) is 12.4. The van der Waals surface area contributed by atoms with E-state index >= 15 is 0 Å². The van der Waals surface area contributed by atoms with Crippen LogP contribution in [0.15, 0.2) is 81.1 Å². The molecular formula is C34H37NO6S. The largest absolute Gasteiger partial charge is 0.489 e. The number of aliphatic hydroxyl groups excluding tert-OH is 1. The van der Waals surface area contributed by atoms with Crippen LogP contribution in [0.25, 0.3) is 6.08 Å². The van der Waals surface area contributed by atoms with Gasteiger partial charge < -0.3 is 19.0 Å². The lowest BCUT2D eigenvalue weighted by molar-refractivity contribution is -0.140. The number of rotatable bonds is 12. The Morgan fingerprint density at radius 3 is 2.67 bits per heavy atom. The van der Waals surface area contributed by atoms with E-state index in [1.165, 1.54) is 10.5 Å². The van der Waals surface area contributed by atoms with Gasteiger partial charge in [-0.2, -0.15) is 0 Å². The van der Waals surface area contributed by atoms with E-state index in [-0.39, 0.29) is 42.3 Å². The average molecular weight is 588 g/mol. The standard InChI is InChI=1S/C34H37NO6S/c1-2-7-22(16-25-12-13-26(19-36)41-25)11-14-30-31-23(20-39-24-8-4-3-5-9-24)17-28-32(29(31)21-40-30)34(38)35(33(28)37)18-27-10-6-15-42-27/h3-6,8-10,12-13,15-16,28-30,32,36H,2,7,11,14,17-21H2,1H3/b22-16+/t28-,29+,30-,32-/m1/s1. The van der Waals surface area contributed by atoms with Gasteiger partial charge in [0.15, 0.2) is 0 Å². The van der Waals surface area contributed by atoms with Crippen molar-refractivity contribution in [1.29, 1.82) is 0 Å². The fraction of sp³-hybridized carbons (Fsp3) is 0.412. The van der Waals surface area contributed by atoms with Crippen LogP contribution in [0.4, 0.5) is 0 Å². The Morgan fingerprint density at radius 1 is 1.07 bits per heavy atom. The maximum absolute atomic E-state index is 13.8. The summed E-state index contributed by atoms with van der Waals surface area (Å²) in [6.45, 7) is 3.18. The SMILES string of the molecule is CCC/C(=C\c1ccc(CO)o1)CC[C@H]1OC[C@H]2C1=C(COc1ccccc1)C[C@H]1C(=O)N(Cc3cccs3)C(=O)[C@H]12. The highest BCUT2D eigenvalue weighted by Crippen LogP contribution is 2.50. The van der Waals surface area contributed by atoms with E-state index in [1.807, 2.05) is 53.9 Å². The number of imide groups is 1. The summed E-state index contributed by atoms with van der Waals surface area (Å²) < 4.78 is 18.4. The summed E-state index contributed by atoms with van der Waals surface area (Å²) in [5.74, 6) is 1.04. The number of thiophene rings is 1. The van der Waals surface area contributed by atoms with Crippen LogP contribution in [0.3, 0.4) is 0 Å². The Morgan fingerprint density at radius 2 is 1.93 bits per heavy atom. The fourth-order valence-electron chi connectivity index (χ4n) is 6.74. The van der Waals surface area contributed by atoms with E-state index in [2.05, 4.69) is 13.0 Å². The third kappa shape index (κ3) is 5.89. The molecule has 0 saturated carbocycles. The third-order valence-electron chi connectivity index (χ3n) is 8.63. The van der Waals surface area contributed by atoms with Crippen molar-refractivity contribution in [1.82, 2.24) is 4.90 Å². The molecule has 2 saturated heterocycles. The molecule has 4 heterocycles. The minimum Gasteiger partial charge on any atom is -0.489 e. The van der Waals surface area contributed by atoms with Gasteiger partial charge in [-0.3, -0.25) is 14.5 Å². The van der Waals surface area contributed by atoms with Gasteiger partial charge >= 0.3 is 0 Å². The van der Waals surface area contributed by atoms with Crippen molar-refractivity contribution < 1.29 is 28.6 Å². The molecule has 8 heteroatoms. The molecule has 0 unspecified atom stereocenters. The number of benzene rings is 1. The summed E-state index contributed by atoms with van der Waals surface area (Å²) >= 11 is 1.56. The predicted molar refractivity (Wildman–Crippen MR) is 160 cm³/mol. The highest BCUT2D eigenvalue weighted by atomic mass is 32.1. The normalized spacial score (nSPS) is 24.0. The summed E-state index contributed by atoms with van der Waals surface area (Å²) in [5, 5.41) is 11.3. The molecule has 6 rings (SSSR count). The number of hydrogen-bond donors (Lipinski definition) is 1. The van der Waals surface area contributed by atoms with Crippen LogP contribution in [0.2, 0.25) is 0 Å². The van der Waals surface area contributed by atoms with Gasteiger partial charge in [0, 0.05) is 10.8 Å². The summed E-state index contributed by atoms with van der Waals surface area (Å²) in [7, 11) is 0. The number of para-hydroxylation sites is 1. The molecule has 2 aromatic heterocycles. The minimum absolute atomic E-state index is 0.0720. The van der Waals surface area contributed by atoms with Crippen LogP contribution in [-0.4, -0.2) is 41.1 Å². The van der Waals surface area contributed by atoms with Gasteiger partial charge in [0.25, 0.3) is 0 Å². The maximum Gasteiger partial charge on any atom is 0.234 e. The van der Waals surface area contributed by atoms with Crippen LogP contribution in [-0.2, 0) is 27.5 Å². The number of nitrogens with zero attached hydrogens (tertiary/aromatic N) is 1. The molecule has 1 N–H and O–H groups in total. The van der Waals surface area contributed by atoms with Crippen molar-refractivity contribution in [2.24, 2.45) is 17.8 Å². The maximum atomic E-state index is 13.8. The molecule has 0 spiro atoms. The molecule has 42 heavy (non-hydrogen) atoms. The lowest BCUT2D eigenvalue weighted by Gasteiger charge is -2.31. The zero-order valence-corrected chi connectivity index (χ0v) is 24.7. The van der Waals surface area contributed by atoms with E-state index < -0.39 is 0 Å². The first-order chi connectivity index (χ1) is 20.6. The zero-order chi connectivity index (χ0) is 29.1. The van der Waals surface area contributed by atoms with Gasteiger partial charge in [-0.05, 0) is 78.6 Å². The molecule has 220 valence electrons. The van der Waals surface area contributed by atoms with Gasteiger partial charge in [0.2, 0.25) is 11.8 Å². The number of carbonyl (C=O) groups excluding carboxylic acids is 2. The first-order valence-corrected chi connectivity index (χ1v) is 15.7. The number of carbonyl (C=O) groups is 2. The first kappa shape index (κ1) is 28.6. The van der Waals surface area contributed by atoms with Crippen LogP contribution < -0.4 is 4.74 Å². The van der Waals surface area contributed by atoms with Gasteiger partial charge in [-0.15, -0.1) is 11.3 Å². The number of aliphatic hydroxyl groups is 1. The quantitative estimate of drug-likeness (QED) is 0.195. The third-order valence-corrected chi connectivity index (χ3v) is 9.49. The van der Waals surface area contributed by atoms with E-state index in [4.69, 9.17) is 13.9 Å². The lowest BCUT2D eigenvalue weighted by atomic mass is 9.69. The summed E-state index contributed by atoms with van der Waals surface area (Å²) in [6, 6.07) is 17.3. The van der Waals surface area contributed by atoms with E-state index in [1.54, 1.807) is 17.4 Å². The predicted octanol–water partition coefficient (Wildman–Crippen LogP) is 6.39. The van der Waals surface area contributed by atoms with Crippen LogP contribution in [0.5, 0.6) is 5.75 Å². The van der Waals surface area contributed by atoms with Gasteiger partial charge in [-0.1, -0.05) is 43.2 Å². The van der Waals surface area contributed by atoms with Crippen molar-refractivity contribution in [2.75, 3.05) is 13.2 Å². The number of furan rings is 1. The molecule has 2 fully saturated rings. The molecule has 1 aromatic carbocycles. The van der Waals surface area contributed by atoms with Crippen molar-refractivity contribution in [3.8, 4) is 5.75 Å². The number of allylic oxidation sites excluding steroid dienone is 1. The van der Waals surface area contributed by atoms with Crippen molar-refractivity contribution >= 4 is 29.2 Å². The number of amides is 2. The molecular weight excluding hydrogens is 550 g/mol. The average Bonchev–Trinajstić information content (AvgIpc) is 3.81. The Balaban J connectivity index is 1.25. The monoisotopic (exact) mass is 587 g/mol. The molecule has 0 bridgehead atoms.